The quantitative estimate of drug-likeness (QED) is 0.888. The van der Waals surface area contributed by atoms with Crippen molar-refractivity contribution >= 4 is 5.91 Å². The third kappa shape index (κ3) is 3.41. The molecule has 0 spiro atoms. The van der Waals surface area contributed by atoms with Gasteiger partial charge in [-0.15, -0.1) is 0 Å². The van der Waals surface area contributed by atoms with E-state index in [4.69, 9.17) is 4.74 Å². The van der Waals surface area contributed by atoms with Crippen molar-refractivity contribution in [3.05, 3.63) is 57.5 Å². The zero-order chi connectivity index (χ0) is 17.2. The number of ether oxygens (including phenoxy) is 1. The number of hydrogen-bond acceptors (Lipinski definition) is 5. The molecule has 1 N–H and O–H groups in total. The number of H-pyrrole nitrogens is 1. The average molecular weight is 340 g/mol. The van der Waals surface area contributed by atoms with Gasteiger partial charge in [0.25, 0.3) is 11.5 Å². The highest BCUT2D eigenvalue weighted by Crippen LogP contribution is 2.26. The number of piperazine rings is 1. The number of rotatable bonds is 3. The maximum atomic E-state index is 12.4. The number of carbonyl (C=O) groups is 1. The summed E-state index contributed by atoms with van der Waals surface area (Å²) in [5.41, 5.74) is 2.55. The predicted octanol–water partition coefficient (Wildman–Crippen LogP) is 0.663. The minimum Gasteiger partial charge on any atom is -0.493 e. The molecular formula is C18H20N4O3. The van der Waals surface area contributed by atoms with Crippen molar-refractivity contribution < 1.29 is 9.53 Å². The summed E-state index contributed by atoms with van der Waals surface area (Å²) in [6.45, 7) is 4.62. The Hall–Kier alpha value is -2.67. The van der Waals surface area contributed by atoms with Gasteiger partial charge in [0.1, 0.15) is 11.4 Å². The van der Waals surface area contributed by atoms with Gasteiger partial charge in [0.15, 0.2) is 0 Å². The first-order valence-corrected chi connectivity index (χ1v) is 8.51. The van der Waals surface area contributed by atoms with E-state index in [0.717, 1.165) is 38.4 Å². The third-order valence-corrected chi connectivity index (χ3v) is 4.72. The van der Waals surface area contributed by atoms with Crippen LogP contribution in [0, 0.1) is 0 Å². The maximum absolute atomic E-state index is 12.4. The van der Waals surface area contributed by atoms with Gasteiger partial charge in [-0.3, -0.25) is 14.5 Å². The van der Waals surface area contributed by atoms with Gasteiger partial charge in [0.05, 0.1) is 6.61 Å². The van der Waals surface area contributed by atoms with Crippen molar-refractivity contribution in [1.82, 2.24) is 20.0 Å². The second-order valence-electron chi connectivity index (χ2n) is 6.42. The Balaban J connectivity index is 1.34. The Morgan fingerprint density at radius 2 is 2.00 bits per heavy atom. The topological polar surface area (TPSA) is 78.5 Å². The van der Waals surface area contributed by atoms with Gasteiger partial charge >= 0.3 is 0 Å². The molecule has 0 bridgehead atoms. The zero-order valence-electron chi connectivity index (χ0n) is 13.9. The molecule has 0 saturated carbocycles. The van der Waals surface area contributed by atoms with Gasteiger partial charge in [0.2, 0.25) is 0 Å². The van der Waals surface area contributed by atoms with E-state index in [1.54, 1.807) is 4.90 Å². The van der Waals surface area contributed by atoms with E-state index in [-0.39, 0.29) is 17.2 Å². The summed E-state index contributed by atoms with van der Waals surface area (Å²) in [7, 11) is 0. The Bertz CT molecular complexity index is 820. The molecule has 1 aromatic heterocycles. The number of amides is 1. The third-order valence-electron chi connectivity index (χ3n) is 4.72. The molecule has 1 saturated heterocycles. The van der Waals surface area contributed by atoms with E-state index >= 15 is 0 Å². The van der Waals surface area contributed by atoms with Crippen molar-refractivity contribution in [2.24, 2.45) is 0 Å². The molecule has 25 heavy (non-hydrogen) atoms. The van der Waals surface area contributed by atoms with Gasteiger partial charge in [-0.2, -0.15) is 5.10 Å². The second-order valence-corrected chi connectivity index (χ2v) is 6.42. The number of carbonyl (C=O) groups excluding carboxylic acids is 1. The molecule has 1 fully saturated rings. The zero-order valence-corrected chi connectivity index (χ0v) is 13.9. The summed E-state index contributed by atoms with van der Waals surface area (Å²) in [6.07, 6.45) is 0.984. The summed E-state index contributed by atoms with van der Waals surface area (Å²) in [5.74, 6) is 0.873. The van der Waals surface area contributed by atoms with Crippen molar-refractivity contribution in [2.45, 2.75) is 13.0 Å². The SMILES string of the molecule is O=C(c1ccc(=O)[nH]n1)N1CCN(Cc2ccc3c(c2)CCO3)CC1. The fraction of sp³-hybridized carbons (Fsp3) is 0.389. The highest BCUT2D eigenvalue weighted by Gasteiger charge is 2.23. The molecule has 0 aliphatic carbocycles. The normalized spacial score (nSPS) is 17.2. The lowest BCUT2D eigenvalue weighted by Gasteiger charge is -2.34. The molecule has 4 rings (SSSR count). The van der Waals surface area contributed by atoms with Crippen molar-refractivity contribution in [3.63, 3.8) is 0 Å². The molecule has 3 heterocycles. The molecule has 130 valence electrons. The van der Waals surface area contributed by atoms with Crippen LogP contribution in [0.1, 0.15) is 21.6 Å². The van der Waals surface area contributed by atoms with Crippen LogP contribution in [0.3, 0.4) is 0 Å². The fourth-order valence-corrected chi connectivity index (χ4v) is 3.33. The Morgan fingerprint density at radius 1 is 1.16 bits per heavy atom. The number of benzene rings is 1. The van der Waals surface area contributed by atoms with Crippen molar-refractivity contribution in [3.8, 4) is 5.75 Å². The van der Waals surface area contributed by atoms with Crippen molar-refractivity contribution in [1.29, 1.82) is 0 Å². The first-order valence-electron chi connectivity index (χ1n) is 8.51. The molecule has 2 aliphatic rings. The lowest BCUT2D eigenvalue weighted by Crippen LogP contribution is -2.48. The highest BCUT2D eigenvalue weighted by atomic mass is 16.5. The number of nitrogens with zero attached hydrogens (tertiary/aromatic N) is 3. The Kier molecular flexibility index (Phi) is 4.23. The number of aromatic nitrogens is 2. The van der Waals surface area contributed by atoms with E-state index in [0.29, 0.717) is 13.1 Å². The second kappa shape index (κ2) is 6.68. The van der Waals surface area contributed by atoms with Crippen LogP contribution in [0.2, 0.25) is 0 Å². The van der Waals surface area contributed by atoms with Crippen LogP contribution in [0.4, 0.5) is 0 Å². The Morgan fingerprint density at radius 3 is 2.76 bits per heavy atom. The van der Waals surface area contributed by atoms with Crippen LogP contribution < -0.4 is 10.3 Å². The molecule has 1 aromatic carbocycles. The van der Waals surface area contributed by atoms with Gasteiger partial charge in [-0.25, -0.2) is 5.10 Å². The van der Waals surface area contributed by atoms with E-state index in [2.05, 4.69) is 33.3 Å². The highest BCUT2D eigenvalue weighted by molar-refractivity contribution is 5.92. The molecule has 0 unspecified atom stereocenters. The summed E-state index contributed by atoms with van der Waals surface area (Å²) in [4.78, 5) is 27.6. The maximum Gasteiger partial charge on any atom is 0.274 e. The molecule has 0 atom stereocenters. The monoisotopic (exact) mass is 340 g/mol. The standard InChI is InChI=1S/C18H20N4O3/c23-17-4-2-15(19-20-17)18(24)22-8-6-21(7-9-22)12-13-1-3-16-14(11-13)5-10-25-16/h1-4,11H,5-10,12H2,(H,20,23). The smallest absolute Gasteiger partial charge is 0.274 e. The number of aromatic amines is 1. The van der Waals surface area contributed by atoms with E-state index in [9.17, 15) is 9.59 Å². The number of hydrogen-bond donors (Lipinski definition) is 1. The van der Waals surface area contributed by atoms with Gasteiger partial charge in [0, 0.05) is 45.2 Å². The van der Waals surface area contributed by atoms with Crippen LogP contribution in [0.15, 0.2) is 35.1 Å². The number of fused-ring (bicyclic) bond motifs is 1. The number of nitrogens with one attached hydrogen (secondary N) is 1. The molecule has 0 radical (unpaired) electrons. The van der Waals surface area contributed by atoms with E-state index in [1.165, 1.54) is 23.3 Å². The van der Waals surface area contributed by atoms with Gasteiger partial charge in [-0.1, -0.05) is 12.1 Å². The predicted molar refractivity (Wildman–Crippen MR) is 91.7 cm³/mol. The van der Waals surface area contributed by atoms with E-state index < -0.39 is 0 Å². The molecule has 2 aromatic rings. The van der Waals surface area contributed by atoms with Gasteiger partial charge < -0.3 is 9.64 Å². The molecular weight excluding hydrogens is 320 g/mol. The summed E-state index contributed by atoms with van der Waals surface area (Å²) in [6, 6.07) is 9.20. The van der Waals surface area contributed by atoms with Gasteiger partial charge in [-0.05, 0) is 23.3 Å². The summed E-state index contributed by atoms with van der Waals surface area (Å²) in [5, 5.41) is 6.13. The first kappa shape index (κ1) is 15.8. The van der Waals surface area contributed by atoms with Crippen LogP contribution in [0.25, 0.3) is 0 Å². The lowest BCUT2D eigenvalue weighted by molar-refractivity contribution is 0.0621. The molecule has 2 aliphatic heterocycles. The van der Waals surface area contributed by atoms with Crippen molar-refractivity contribution in [2.75, 3.05) is 32.8 Å². The molecule has 7 nitrogen and oxygen atoms in total. The molecule has 1 amide bonds. The van der Waals surface area contributed by atoms with E-state index in [1.807, 2.05) is 0 Å². The minimum absolute atomic E-state index is 0.134. The Labute approximate surface area is 145 Å². The molecule has 7 heteroatoms. The van der Waals surface area contributed by atoms with Crippen LogP contribution in [-0.4, -0.2) is 58.7 Å². The summed E-state index contributed by atoms with van der Waals surface area (Å²) >= 11 is 0. The van der Waals surface area contributed by atoms with Crippen LogP contribution in [0.5, 0.6) is 5.75 Å². The van der Waals surface area contributed by atoms with Crippen LogP contribution in [-0.2, 0) is 13.0 Å². The average Bonchev–Trinajstić information content (AvgIpc) is 3.10. The minimum atomic E-state index is -0.305. The largest absolute Gasteiger partial charge is 0.493 e. The first-order chi connectivity index (χ1) is 12.2. The van der Waals surface area contributed by atoms with Crippen LogP contribution >= 0.6 is 0 Å². The summed E-state index contributed by atoms with van der Waals surface area (Å²) < 4.78 is 5.55. The lowest BCUT2D eigenvalue weighted by atomic mass is 10.1. The fourth-order valence-electron chi connectivity index (χ4n) is 3.33.